The fraction of sp³-hybridized carbons (Fsp3) is 0.600. The van der Waals surface area contributed by atoms with E-state index in [4.69, 9.17) is 11.6 Å². The number of anilines is 1. The largest absolute Gasteiger partial charge is 0.395 e. The Balaban J connectivity index is 1.82. The molecule has 2 saturated carbocycles. The Morgan fingerprint density at radius 2 is 2.05 bits per heavy atom. The van der Waals surface area contributed by atoms with Gasteiger partial charge < -0.3 is 15.3 Å². The van der Waals surface area contributed by atoms with Gasteiger partial charge in [-0.1, -0.05) is 23.7 Å². The summed E-state index contributed by atoms with van der Waals surface area (Å²) in [7, 11) is 0. The molecule has 0 bridgehead atoms. The Morgan fingerprint density at radius 3 is 2.68 bits per heavy atom. The van der Waals surface area contributed by atoms with Crippen LogP contribution in [-0.4, -0.2) is 30.3 Å². The molecule has 2 N–H and O–H groups in total. The van der Waals surface area contributed by atoms with Gasteiger partial charge in [-0.25, -0.2) is 0 Å². The lowest BCUT2D eigenvalue weighted by molar-refractivity contribution is 0.301. The molecule has 0 atom stereocenters. The molecule has 0 spiro atoms. The van der Waals surface area contributed by atoms with Crippen molar-refractivity contribution in [1.82, 2.24) is 5.32 Å². The summed E-state index contributed by atoms with van der Waals surface area (Å²) >= 11 is 6.41. The highest BCUT2D eigenvalue weighted by atomic mass is 35.5. The maximum atomic E-state index is 9.28. The molecule has 19 heavy (non-hydrogen) atoms. The first-order chi connectivity index (χ1) is 9.29. The van der Waals surface area contributed by atoms with Crippen LogP contribution in [0.4, 0.5) is 5.69 Å². The average Bonchev–Trinajstić information content (AvgIpc) is 3.28. The molecule has 4 heteroatoms. The van der Waals surface area contributed by atoms with Crippen molar-refractivity contribution < 1.29 is 5.11 Å². The minimum absolute atomic E-state index is 0.178. The zero-order chi connectivity index (χ0) is 13.2. The monoisotopic (exact) mass is 280 g/mol. The second-order valence-corrected chi connectivity index (χ2v) is 5.96. The summed E-state index contributed by atoms with van der Waals surface area (Å²) in [6.45, 7) is 1.72. The van der Waals surface area contributed by atoms with Crippen molar-refractivity contribution in [3.63, 3.8) is 0 Å². The molecule has 2 aliphatic rings. The van der Waals surface area contributed by atoms with Crippen molar-refractivity contribution in [2.45, 2.75) is 44.3 Å². The molecule has 104 valence electrons. The number of benzene rings is 1. The van der Waals surface area contributed by atoms with E-state index >= 15 is 0 Å². The van der Waals surface area contributed by atoms with E-state index in [1.54, 1.807) is 0 Å². The molecule has 3 nitrogen and oxygen atoms in total. The number of nitrogens with one attached hydrogen (secondary N) is 1. The van der Waals surface area contributed by atoms with Crippen LogP contribution in [0.3, 0.4) is 0 Å². The predicted molar refractivity (Wildman–Crippen MR) is 78.8 cm³/mol. The molecular formula is C15H21ClN2O. The average molecular weight is 281 g/mol. The molecule has 0 amide bonds. The van der Waals surface area contributed by atoms with Crippen LogP contribution in [0.1, 0.15) is 31.2 Å². The standard InChI is InChI=1S/C15H21ClN2O/c16-14-3-1-2-11(10-17-12-4-5-12)15(14)18(8-9-19)13-6-7-13/h1-3,12-13,17,19H,4-10H2. The van der Waals surface area contributed by atoms with Crippen LogP contribution in [0.15, 0.2) is 18.2 Å². The SMILES string of the molecule is OCCN(c1c(Cl)cccc1CNC1CC1)C1CC1. The first-order valence-electron chi connectivity index (χ1n) is 7.18. The third kappa shape index (κ3) is 3.22. The summed E-state index contributed by atoms with van der Waals surface area (Å²) in [6, 6.07) is 7.36. The first kappa shape index (κ1) is 13.2. The third-order valence-electron chi connectivity index (χ3n) is 3.84. The number of aliphatic hydroxyl groups excluding tert-OH is 1. The van der Waals surface area contributed by atoms with Crippen LogP contribution in [0, 0.1) is 0 Å². The molecule has 0 aliphatic heterocycles. The fourth-order valence-corrected chi connectivity index (χ4v) is 2.84. The molecule has 0 aromatic heterocycles. The van der Waals surface area contributed by atoms with Gasteiger partial charge in [0.25, 0.3) is 0 Å². The highest BCUT2D eigenvalue weighted by Gasteiger charge is 2.31. The highest BCUT2D eigenvalue weighted by molar-refractivity contribution is 6.33. The van der Waals surface area contributed by atoms with Crippen LogP contribution >= 0.6 is 11.6 Å². The van der Waals surface area contributed by atoms with Crippen LogP contribution in [0.5, 0.6) is 0 Å². The van der Waals surface area contributed by atoms with Crippen molar-refractivity contribution in [2.75, 3.05) is 18.1 Å². The van der Waals surface area contributed by atoms with Crippen LogP contribution in [0.2, 0.25) is 5.02 Å². The first-order valence-corrected chi connectivity index (χ1v) is 7.55. The zero-order valence-corrected chi connectivity index (χ0v) is 11.9. The molecule has 0 saturated heterocycles. The van der Waals surface area contributed by atoms with E-state index in [1.807, 2.05) is 12.1 Å². The summed E-state index contributed by atoms with van der Waals surface area (Å²) in [5, 5.41) is 13.6. The Labute approximate surface area is 119 Å². The minimum atomic E-state index is 0.178. The zero-order valence-electron chi connectivity index (χ0n) is 11.1. The van der Waals surface area contributed by atoms with Gasteiger partial charge in [0.1, 0.15) is 0 Å². The number of aliphatic hydroxyl groups is 1. The molecule has 1 aromatic rings. The minimum Gasteiger partial charge on any atom is -0.395 e. The van der Waals surface area contributed by atoms with Gasteiger partial charge in [0.2, 0.25) is 0 Å². The van der Waals surface area contributed by atoms with Crippen molar-refractivity contribution >= 4 is 17.3 Å². The summed E-state index contributed by atoms with van der Waals surface area (Å²) in [5.41, 5.74) is 2.37. The lowest BCUT2D eigenvalue weighted by atomic mass is 10.1. The predicted octanol–water partition coefficient (Wildman–Crippen LogP) is 2.55. The molecule has 3 rings (SSSR count). The van der Waals surface area contributed by atoms with Crippen LogP contribution in [0.25, 0.3) is 0 Å². The van der Waals surface area contributed by atoms with Crippen LogP contribution < -0.4 is 10.2 Å². The Morgan fingerprint density at radius 1 is 1.26 bits per heavy atom. The van der Waals surface area contributed by atoms with Crippen LogP contribution in [-0.2, 0) is 6.54 Å². The van der Waals surface area contributed by atoms with E-state index in [-0.39, 0.29) is 6.61 Å². The topological polar surface area (TPSA) is 35.5 Å². The summed E-state index contributed by atoms with van der Waals surface area (Å²) in [5.74, 6) is 0. The van der Waals surface area contributed by atoms with E-state index in [2.05, 4.69) is 16.3 Å². The van der Waals surface area contributed by atoms with Gasteiger partial charge in [0.15, 0.2) is 0 Å². The van der Waals surface area contributed by atoms with Crippen molar-refractivity contribution in [3.8, 4) is 0 Å². The van der Waals surface area contributed by atoms with Crippen molar-refractivity contribution in [3.05, 3.63) is 28.8 Å². The summed E-state index contributed by atoms with van der Waals surface area (Å²) < 4.78 is 0. The van der Waals surface area contributed by atoms with Gasteiger partial charge in [0.05, 0.1) is 17.3 Å². The van der Waals surface area contributed by atoms with Gasteiger partial charge in [-0.05, 0) is 37.3 Å². The second-order valence-electron chi connectivity index (χ2n) is 5.55. The third-order valence-corrected chi connectivity index (χ3v) is 4.15. The van der Waals surface area contributed by atoms with Crippen molar-refractivity contribution in [1.29, 1.82) is 0 Å². The number of para-hydroxylation sites is 1. The molecule has 1 aromatic carbocycles. The molecule has 2 fully saturated rings. The van der Waals surface area contributed by atoms with Gasteiger partial charge in [0, 0.05) is 25.2 Å². The lowest BCUT2D eigenvalue weighted by Gasteiger charge is -2.27. The molecule has 2 aliphatic carbocycles. The van der Waals surface area contributed by atoms with Gasteiger partial charge >= 0.3 is 0 Å². The maximum absolute atomic E-state index is 9.28. The lowest BCUT2D eigenvalue weighted by Crippen LogP contribution is -2.31. The molecule has 0 heterocycles. The Bertz CT molecular complexity index is 444. The summed E-state index contributed by atoms with van der Waals surface area (Å²) in [6.07, 6.45) is 5.00. The highest BCUT2D eigenvalue weighted by Crippen LogP contribution is 2.38. The van der Waals surface area contributed by atoms with E-state index in [1.165, 1.54) is 31.2 Å². The van der Waals surface area contributed by atoms with E-state index in [0.717, 1.165) is 17.3 Å². The number of rotatable bonds is 7. The van der Waals surface area contributed by atoms with Crippen molar-refractivity contribution in [2.24, 2.45) is 0 Å². The molecular weight excluding hydrogens is 260 g/mol. The Hall–Kier alpha value is -0.770. The van der Waals surface area contributed by atoms with Gasteiger partial charge in [-0.3, -0.25) is 0 Å². The van der Waals surface area contributed by atoms with Gasteiger partial charge in [-0.2, -0.15) is 0 Å². The number of hydrogen-bond donors (Lipinski definition) is 2. The second kappa shape index (κ2) is 5.70. The molecule has 0 unspecified atom stereocenters. The number of nitrogens with zero attached hydrogens (tertiary/aromatic N) is 1. The van der Waals surface area contributed by atoms with E-state index < -0.39 is 0 Å². The van der Waals surface area contributed by atoms with Gasteiger partial charge in [-0.15, -0.1) is 0 Å². The smallest absolute Gasteiger partial charge is 0.0643 e. The number of hydrogen-bond acceptors (Lipinski definition) is 3. The fourth-order valence-electron chi connectivity index (χ4n) is 2.54. The molecule has 0 radical (unpaired) electrons. The van der Waals surface area contributed by atoms with E-state index in [9.17, 15) is 5.11 Å². The normalized spacial score (nSPS) is 18.6. The quantitative estimate of drug-likeness (QED) is 0.806. The maximum Gasteiger partial charge on any atom is 0.0643 e. The summed E-state index contributed by atoms with van der Waals surface area (Å²) in [4.78, 5) is 2.28. The Kier molecular flexibility index (Phi) is 3.96. The van der Waals surface area contributed by atoms with E-state index in [0.29, 0.717) is 18.6 Å². The number of halogens is 1.